The van der Waals surface area contributed by atoms with Crippen LogP contribution in [-0.4, -0.2) is 31.4 Å². The van der Waals surface area contributed by atoms with Gasteiger partial charge < -0.3 is 5.11 Å². The van der Waals surface area contributed by atoms with Crippen LogP contribution in [0.4, 0.5) is 0 Å². The zero-order chi connectivity index (χ0) is 14.1. The van der Waals surface area contributed by atoms with Crippen LogP contribution in [0, 0.1) is 0 Å². The molecule has 0 atom stereocenters. The molecule has 2 aromatic heterocycles. The van der Waals surface area contributed by atoms with E-state index in [0.29, 0.717) is 4.96 Å². The molecular weight excluding hydrogens is 294 g/mol. The Morgan fingerprint density at radius 3 is 2.75 bits per heavy atom. The summed E-state index contributed by atoms with van der Waals surface area (Å²) < 4.78 is 1.58. The van der Waals surface area contributed by atoms with Gasteiger partial charge in [0.15, 0.2) is 0 Å². The summed E-state index contributed by atoms with van der Waals surface area (Å²) >= 11 is 3.15. The third kappa shape index (κ3) is 2.19. The Kier molecular flexibility index (Phi) is 3.45. The number of carboxylic acids is 1. The highest BCUT2D eigenvalue weighted by molar-refractivity contribution is 7.99. The minimum Gasteiger partial charge on any atom is -0.475 e. The van der Waals surface area contributed by atoms with Crippen molar-refractivity contribution in [2.75, 3.05) is 5.75 Å². The molecule has 0 saturated carbocycles. The van der Waals surface area contributed by atoms with Crippen molar-refractivity contribution in [1.82, 2.24) is 14.6 Å². The lowest BCUT2D eigenvalue weighted by atomic mass is 10.2. The molecule has 1 aromatic carbocycles. The van der Waals surface area contributed by atoms with E-state index in [1.165, 1.54) is 16.2 Å². The third-order valence-corrected chi connectivity index (χ3v) is 4.51. The van der Waals surface area contributed by atoms with Crippen LogP contribution in [0.3, 0.4) is 0 Å². The molecule has 0 amide bonds. The molecule has 0 aliphatic heterocycles. The van der Waals surface area contributed by atoms with Gasteiger partial charge in [0.05, 0.1) is 5.69 Å². The Bertz CT molecular complexity index is 762. The van der Waals surface area contributed by atoms with Crippen LogP contribution in [-0.2, 0) is 0 Å². The highest BCUT2D eigenvalue weighted by atomic mass is 32.2. The average molecular weight is 305 g/mol. The van der Waals surface area contributed by atoms with Crippen LogP contribution in [0.1, 0.15) is 17.5 Å². The van der Waals surface area contributed by atoms with E-state index in [4.69, 9.17) is 5.11 Å². The summed E-state index contributed by atoms with van der Waals surface area (Å²) in [7, 11) is 0. The number of thioether (sulfide) groups is 1. The minimum atomic E-state index is -1.07. The smallest absolute Gasteiger partial charge is 0.374 e. The zero-order valence-electron chi connectivity index (χ0n) is 10.6. The fourth-order valence-electron chi connectivity index (χ4n) is 1.95. The van der Waals surface area contributed by atoms with Crippen molar-refractivity contribution < 1.29 is 9.90 Å². The van der Waals surface area contributed by atoms with Crippen molar-refractivity contribution >= 4 is 34.0 Å². The van der Waals surface area contributed by atoms with Gasteiger partial charge in [0.2, 0.25) is 10.8 Å². The van der Waals surface area contributed by atoms with Gasteiger partial charge in [0, 0.05) is 10.3 Å². The fourth-order valence-corrected chi connectivity index (χ4v) is 3.45. The van der Waals surface area contributed by atoms with Crippen molar-refractivity contribution in [2.24, 2.45) is 0 Å². The summed E-state index contributed by atoms with van der Waals surface area (Å²) in [5, 5.41) is 18.6. The van der Waals surface area contributed by atoms with Crippen LogP contribution in [0.25, 0.3) is 16.2 Å². The summed E-state index contributed by atoms with van der Waals surface area (Å²) in [6.07, 6.45) is 0. The zero-order valence-corrected chi connectivity index (χ0v) is 12.2. The highest BCUT2D eigenvalue weighted by Crippen LogP contribution is 2.28. The molecule has 7 heteroatoms. The van der Waals surface area contributed by atoms with Crippen LogP contribution in [0.5, 0.6) is 0 Å². The summed E-state index contributed by atoms with van der Waals surface area (Å²) in [6.45, 7) is 2.11. The van der Waals surface area contributed by atoms with Gasteiger partial charge in [-0.1, -0.05) is 19.1 Å². The average Bonchev–Trinajstić information content (AvgIpc) is 3.01. The first-order valence-corrected chi connectivity index (χ1v) is 7.86. The predicted octanol–water partition coefficient (Wildman–Crippen LogP) is 3.27. The normalized spacial score (nSPS) is 11.1. The van der Waals surface area contributed by atoms with Gasteiger partial charge in [-0.2, -0.15) is 0 Å². The van der Waals surface area contributed by atoms with E-state index in [1.54, 1.807) is 16.2 Å². The van der Waals surface area contributed by atoms with E-state index in [1.807, 2.05) is 29.6 Å². The molecule has 1 N–H and O–H groups in total. The Balaban J connectivity index is 2.09. The van der Waals surface area contributed by atoms with Crippen LogP contribution in [0.15, 0.2) is 34.5 Å². The summed E-state index contributed by atoms with van der Waals surface area (Å²) in [6, 6.07) is 8.06. The molecule has 0 aliphatic rings. The van der Waals surface area contributed by atoms with Gasteiger partial charge in [-0.3, -0.25) is 4.40 Å². The van der Waals surface area contributed by atoms with Crippen molar-refractivity contribution in [3.05, 3.63) is 35.5 Å². The molecule has 0 unspecified atom stereocenters. The molecular formula is C13H11N3O2S2. The summed E-state index contributed by atoms with van der Waals surface area (Å²) in [5.41, 5.74) is 1.76. The number of aromatic carboxylic acids is 1. The molecule has 0 radical (unpaired) electrons. The Labute approximate surface area is 123 Å². The monoisotopic (exact) mass is 305 g/mol. The number of carbonyl (C=O) groups is 1. The standard InChI is InChI=1S/C13H11N3O2S2/c1-2-19-9-5-3-8(4-6-9)10-7-20-13-15-14-11(12(17)18)16(10)13/h3-7H,2H2,1H3,(H,17,18). The SMILES string of the molecule is CCSc1ccc(-c2csc3nnc(C(=O)O)n23)cc1. The molecule has 3 aromatic rings. The second-order valence-corrected chi connectivity index (χ2v) is 6.20. The first-order valence-electron chi connectivity index (χ1n) is 6.00. The number of nitrogens with zero attached hydrogens (tertiary/aromatic N) is 3. The molecule has 0 spiro atoms. The Morgan fingerprint density at radius 2 is 2.10 bits per heavy atom. The van der Waals surface area contributed by atoms with Gasteiger partial charge in [-0.05, 0) is 23.4 Å². The maximum absolute atomic E-state index is 11.2. The van der Waals surface area contributed by atoms with Gasteiger partial charge in [-0.25, -0.2) is 4.79 Å². The quantitative estimate of drug-likeness (QED) is 0.749. The van der Waals surface area contributed by atoms with Crippen LogP contribution >= 0.6 is 23.1 Å². The molecule has 0 fully saturated rings. The topological polar surface area (TPSA) is 67.5 Å². The Hall–Kier alpha value is -1.86. The lowest BCUT2D eigenvalue weighted by Gasteiger charge is -2.03. The number of fused-ring (bicyclic) bond motifs is 1. The number of carboxylic acid groups (broad SMARTS) is 1. The van der Waals surface area contributed by atoms with E-state index in [-0.39, 0.29) is 5.82 Å². The highest BCUT2D eigenvalue weighted by Gasteiger charge is 2.18. The Morgan fingerprint density at radius 1 is 1.35 bits per heavy atom. The number of hydrogen-bond acceptors (Lipinski definition) is 5. The van der Waals surface area contributed by atoms with Crippen molar-refractivity contribution in [2.45, 2.75) is 11.8 Å². The lowest BCUT2D eigenvalue weighted by Crippen LogP contribution is -2.04. The molecule has 3 rings (SSSR count). The van der Waals surface area contributed by atoms with Gasteiger partial charge >= 0.3 is 5.97 Å². The molecule has 0 aliphatic carbocycles. The number of hydrogen-bond donors (Lipinski definition) is 1. The molecule has 2 heterocycles. The fraction of sp³-hybridized carbons (Fsp3) is 0.154. The van der Waals surface area contributed by atoms with E-state index in [9.17, 15) is 4.79 Å². The molecule has 102 valence electrons. The largest absolute Gasteiger partial charge is 0.475 e. The van der Waals surface area contributed by atoms with Crippen molar-refractivity contribution in [3.63, 3.8) is 0 Å². The van der Waals surface area contributed by atoms with Crippen molar-refractivity contribution in [3.8, 4) is 11.3 Å². The van der Waals surface area contributed by atoms with Gasteiger partial charge in [-0.15, -0.1) is 33.3 Å². The maximum atomic E-state index is 11.2. The molecule has 0 saturated heterocycles. The first kappa shape index (κ1) is 13.1. The molecule has 0 bridgehead atoms. The number of rotatable bonds is 4. The van der Waals surface area contributed by atoms with E-state index in [2.05, 4.69) is 17.1 Å². The summed E-state index contributed by atoms with van der Waals surface area (Å²) in [4.78, 5) is 13.0. The van der Waals surface area contributed by atoms with E-state index in [0.717, 1.165) is 17.0 Å². The van der Waals surface area contributed by atoms with Gasteiger partial charge in [0.25, 0.3) is 0 Å². The van der Waals surface area contributed by atoms with Crippen LogP contribution in [0.2, 0.25) is 0 Å². The first-order chi connectivity index (χ1) is 9.70. The third-order valence-electron chi connectivity index (χ3n) is 2.80. The van der Waals surface area contributed by atoms with Crippen LogP contribution < -0.4 is 0 Å². The lowest BCUT2D eigenvalue weighted by molar-refractivity contribution is 0.0682. The molecule has 5 nitrogen and oxygen atoms in total. The van der Waals surface area contributed by atoms with E-state index < -0.39 is 5.97 Å². The maximum Gasteiger partial charge on any atom is 0.374 e. The second kappa shape index (κ2) is 5.26. The number of aromatic nitrogens is 3. The van der Waals surface area contributed by atoms with E-state index >= 15 is 0 Å². The molecule has 20 heavy (non-hydrogen) atoms. The van der Waals surface area contributed by atoms with Gasteiger partial charge in [0.1, 0.15) is 0 Å². The number of thiazole rings is 1. The predicted molar refractivity (Wildman–Crippen MR) is 79.7 cm³/mol. The number of benzene rings is 1. The second-order valence-electron chi connectivity index (χ2n) is 4.03. The van der Waals surface area contributed by atoms with Crippen molar-refractivity contribution in [1.29, 1.82) is 0 Å². The minimum absolute atomic E-state index is 0.0525. The summed E-state index contributed by atoms with van der Waals surface area (Å²) in [5.74, 6) is -0.102.